The standard InChI is InChI=1S/C14H18ClNO3/c1-4-19-14(18)10-5-6-11(15)12(8-10)16-13(17)7-9(2)3/h5-6,8-9H,4,7H2,1-3H3,(H,16,17). The summed E-state index contributed by atoms with van der Waals surface area (Å²) in [6.45, 7) is 5.95. The summed E-state index contributed by atoms with van der Waals surface area (Å²) < 4.78 is 4.90. The fourth-order valence-corrected chi connectivity index (χ4v) is 1.70. The van der Waals surface area contributed by atoms with Crippen LogP contribution < -0.4 is 5.32 Å². The monoisotopic (exact) mass is 283 g/mol. The van der Waals surface area contributed by atoms with Crippen LogP contribution in [-0.2, 0) is 9.53 Å². The van der Waals surface area contributed by atoms with Gasteiger partial charge in [-0.3, -0.25) is 4.79 Å². The van der Waals surface area contributed by atoms with Crippen molar-refractivity contribution in [1.82, 2.24) is 0 Å². The van der Waals surface area contributed by atoms with E-state index in [1.165, 1.54) is 6.07 Å². The molecule has 0 bridgehead atoms. The Balaban J connectivity index is 2.85. The number of carbonyl (C=O) groups excluding carboxylic acids is 2. The maximum absolute atomic E-state index is 11.7. The third kappa shape index (κ3) is 4.91. The van der Waals surface area contributed by atoms with Crippen LogP contribution in [0.1, 0.15) is 37.6 Å². The highest BCUT2D eigenvalue weighted by Crippen LogP contribution is 2.24. The minimum atomic E-state index is -0.432. The van der Waals surface area contributed by atoms with Crippen molar-refractivity contribution in [1.29, 1.82) is 0 Å². The summed E-state index contributed by atoms with van der Waals surface area (Å²) in [4.78, 5) is 23.3. The molecule has 0 saturated heterocycles. The van der Waals surface area contributed by atoms with E-state index in [4.69, 9.17) is 16.3 Å². The normalized spacial score (nSPS) is 10.4. The number of benzene rings is 1. The highest BCUT2D eigenvalue weighted by molar-refractivity contribution is 6.33. The molecule has 0 unspecified atom stereocenters. The lowest BCUT2D eigenvalue weighted by molar-refractivity contribution is -0.116. The van der Waals surface area contributed by atoms with Crippen molar-refractivity contribution in [2.24, 2.45) is 5.92 Å². The number of hydrogen-bond donors (Lipinski definition) is 1. The van der Waals surface area contributed by atoms with Gasteiger partial charge in [0.25, 0.3) is 0 Å². The lowest BCUT2D eigenvalue weighted by Crippen LogP contribution is -2.15. The molecular weight excluding hydrogens is 266 g/mol. The third-order valence-corrected chi connectivity index (χ3v) is 2.67. The fraction of sp³-hybridized carbons (Fsp3) is 0.429. The number of carbonyl (C=O) groups is 2. The van der Waals surface area contributed by atoms with Gasteiger partial charge in [0.15, 0.2) is 0 Å². The van der Waals surface area contributed by atoms with Crippen LogP contribution >= 0.6 is 11.6 Å². The molecule has 0 aliphatic heterocycles. The van der Waals surface area contributed by atoms with E-state index in [-0.39, 0.29) is 11.8 Å². The van der Waals surface area contributed by atoms with Gasteiger partial charge in [0.05, 0.1) is 22.9 Å². The molecule has 1 aromatic carbocycles. The lowest BCUT2D eigenvalue weighted by Gasteiger charge is -2.10. The van der Waals surface area contributed by atoms with Crippen molar-refractivity contribution in [2.45, 2.75) is 27.2 Å². The first-order valence-electron chi connectivity index (χ1n) is 6.20. The van der Waals surface area contributed by atoms with Crippen LogP contribution in [0.25, 0.3) is 0 Å². The lowest BCUT2D eigenvalue weighted by atomic mass is 10.1. The Labute approximate surface area is 118 Å². The van der Waals surface area contributed by atoms with E-state index in [0.29, 0.717) is 29.3 Å². The van der Waals surface area contributed by atoms with Gasteiger partial charge in [-0.1, -0.05) is 25.4 Å². The number of halogens is 1. The predicted octanol–water partition coefficient (Wildman–Crippen LogP) is 3.50. The highest BCUT2D eigenvalue weighted by atomic mass is 35.5. The van der Waals surface area contributed by atoms with Crippen LogP contribution in [0.15, 0.2) is 18.2 Å². The van der Waals surface area contributed by atoms with Crippen molar-refractivity contribution >= 4 is 29.2 Å². The van der Waals surface area contributed by atoms with Gasteiger partial charge in [-0.25, -0.2) is 4.79 Å². The van der Waals surface area contributed by atoms with Gasteiger partial charge in [-0.15, -0.1) is 0 Å². The SMILES string of the molecule is CCOC(=O)c1ccc(Cl)c(NC(=O)CC(C)C)c1. The molecule has 1 N–H and O–H groups in total. The molecule has 104 valence electrons. The highest BCUT2D eigenvalue weighted by Gasteiger charge is 2.12. The van der Waals surface area contributed by atoms with Crippen LogP contribution in [0.5, 0.6) is 0 Å². The average Bonchev–Trinajstić information content (AvgIpc) is 2.31. The number of rotatable bonds is 5. The Kier molecular flexibility index (Phi) is 5.83. The number of nitrogens with one attached hydrogen (secondary N) is 1. The number of anilines is 1. The van der Waals surface area contributed by atoms with Crippen LogP contribution in [-0.4, -0.2) is 18.5 Å². The zero-order valence-electron chi connectivity index (χ0n) is 11.3. The second-order valence-corrected chi connectivity index (χ2v) is 4.97. The number of ether oxygens (including phenoxy) is 1. The molecule has 1 rings (SSSR count). The van der Waals surface area contributed by atoms with Gasteiger partial charge in [0, 0.05) is 6.42 Å². The summed E-state index contributed by atoms with van der Waals surface area (Å²) in [6.07, 6.45) is 0.403. The minimum absolute atomic E-state index is 0.127. The molecule has 0 fully saturated rings. The van der Waals surface area contributed by atoms with Gasteiger partial charge in [-0.2, -0.15) is 0 Å². The van der Waals surface area contributed by atoms with E-state index < -0.39 is 5.97 Å². The summed E-state index contributed by atoms with van der Waals surface area (Å²) in [5.74, 6) is -0.302. The molecule has 0 heterocycles. The summed E-state index contributed by atoms with van der Waals surface area (Å²) in [5.41, 5.74) is 0.795. The molecule has 0 aliphatic carbocycles. The van der Waals surface area contributed by atoms with Crippen molar-refractivity contribution in [2.75, 3.05) is 11.9 Å². The Morgan fingerprint density at radius 1 is 1.37 bits per heavy atom. The van der Waals surface area contributed by atoms with Gasteiger partial charge in [-0.05, 0) is 31.0 Å². The first-order chi connectivity index (χ1) is 8.93. The Bertz CT molecular complexity index is 472. The van der Waals surface area contributed by atoms with Gasteiger partial charge in [0.1, 0.15) is 0 Å². The number of hydrogen-bond acceptors (Lipinski definition) is 3. The first-order valence-corrected chi connectivity index (χ1v) is 6.58. The van der Waals surface area contributed by atoms with Crippen molar-refractivity contribution < 1.29 is 14.3 Å². The topological polar surface area (TPSA) is 55.4 Å². The molecule has 0 radical (unpaired) electrons. The second-order valence-electron chi connectivity index (χ2n) is 4.56. The van der Waals surface area contributed by atoms with Crippen molar-refractivity contribution in [3.63, 3.8) is 0 Å². The van der Waals surface area contributed by atoms with Crippen LogP contribution in [0, 0.1) is 5.92 Å². The van der Waals surface area contributed by atoms with E-state index in [9.17, 15) is 9.59 Å². The maximum Gasteiger partial charge on any atom is 0.338 e. The van der Waals surface area contributed by atoms with Crippen LogP contribution in [0.4, 0.5) is 5.69 Å². The first kappa shape index (κ1) is 15.5. The molecule has 0 aromatic heterocycles. The number of amides is 1. The minimum Gasteiger partial charge on any atom is -0.462 e. The molecular formula is C14H18ClNO3. The molecule has 1 aromatic rings. The Morgan fingerprint density at radius 3 is 2.63 bits per heavy atom. The molecule has 0 atom stereocenters. The molecule has 0 spiro atoms. The van der Waals surface area contributed by atoms with E-state index in [0.717, 1.165) is 0 Å². The summed E-state index contributed by atoms with van der Waals surface area (Å²) >= 11 is 5.99. The molecule has 5 heteroatoms. The second kappa shape index (κ2) is 7.14. The van der Waals surface area contributed by atoms with Gasteiger partial charge >= 0.3 is 5.97 Å². The zero-order valence-corrected chi connectivity index (χ0v) is 12.1. The van der Waals surface area contributed by atoms with E-state index in [2.05, 4.69) is 5.32 Å². The zero-order chi connectivity index (χ0) is 14.4. The molecule has 0 saturated carbocycles. The summed E-state index contributed by atoms with van der Waals surface area (Å²) in [6, 6.07) is 4.66. The van der Waals surface area contributed by atoms with Gasteiger partial charge < -0.3 is 10.1 Å². The predicted molar refractivity (Wildman–Crippen MR) is 75.5 cm³/mol. The number of esters is 1. The van der Waals surface area contributed by atoms with Crippen LogP contribution in [0.3, 0.4) is 0 Å². The van der Waals surface area contributed by atoms with Crippen molar-refractivity contribution in [3.8, 4) is 0 Å². The van der Waals surface area contributed by atoms with Gasteiger partial charge in [0.2, 0.25) is 5.91 Å². The summed E-state index contributed by atoms with van der Waals surface area (Å²) in [7, 11) is 0. The average molecular weight is 284 g/mol. The van der Waals surface area contributed by atoms with Crippen LogP contribution in [0.2, 0.25) is 5.02 Å². The van der Waals surface area contributed by atoms with E-state index in [1.54, 1.807) is 19.1 Å². The quantitative estimate of drug-likeness (QED) is 0.842. The Morgan fingerprint density at radius 2 is 2.05 bits per heavy atom. The fourth-order valence-electron chi connectivity index (χ4n) is 1.53. The molecule has 0 aliphatic rings. The Hall–Kier alpha value is -1.55. The molecule has 4 nitrogen and oxygen atoms in total. The smallest absolute Gasteiger partial charge is 0.338 e. The van der Waals surface area contributed by atoms with Crippen molar-refractivity contribution in [3.05, 3.63) is 28.8 Å². The third-order valence-electron chi connectivity index (χ3n) is 2.35. The molecule has 1 amide bonds. The maximum atomic E-state index is 11.7. The summed E-state index contributed by atoms with van der Waals surface area (Å²) in [5, 5.41) is 3.09. The molecule has 19 heavy (non-hydrogen) atoms. The van der Waals surface area contributed by atoms with E-state index >= 15 is 0 Å². The largest absolute Gasteiger partial charge is 0.462 e. The van der Waals surface area contributed by atoms with E-state index in [1.807, 2.05) is 13.8 Å².